The number of benzene rings is 1. The van der Waals surface area contributed by atoms with Gasteiger partial charge in [0.05, 0.1) is 19.8 Å². The summed E-state index contributed by atoms with van der Waals surface area (Å²) < 4.78 is 5.63. The van der Waals surface area contributed by atoms with E-state index in [1.807, 2.05) is 24.4 Å². The molecule has 1 aromatic heterocycles. The second kappa shape index (κ2) is 9.17. The van der Waals surface area contributed by atoms with Crippen molar-refractivity contribution in [3.8, 4) is 0 Å². The number of aryl methyl sites for hydroxylation is 1. The fourth-order valence-corrected chi connectivity index (χ4v) is 2.60. The maximum Gasteiger partial charge on any atom is 0.191 e. The third-order valence-corrected chi connectivity index (χ3v) is 3.86. The molecule has 118 valence electrons. The summed E-state index contributed by atoms with van der Waals surface area (Å²) in [7, 11) is 1.76. The van der Waals surface area contributed by atoms with Crippen LogP contribution in [0.15, 0.2) is 41.5 Å². The molecule has 2 N–H and O–H groups in total. The Kier molecular flexibility index (Phi) is 6.86. The Balaban J connectivity index is 1.60. The Bertz CT molecular complexity index is 583. The summed E-state index contributed by atoms with van der Waals surface area (Å²) in [6.07, 6.45) is 1.88. The molecule has 0 aliphatic heterocycles. The zero-order chi connectivity index (χ0) is 15.6. The molecule has 0 bridgehead atoms. The molecule has 0 aliphatic carbocycles. The zero-order valence-corrected chi connectivity index (χ0v) is 13.8. The van der Waals surface area contributed by atoms with Gasteiger partial charge in [0, 0.05) is 24.7 Å². The van der Waals surface area contributed by atoms with Crippen LogP contribution in [0.5, 0.6) is 0 Å². The second-order valence-corrected chi connectivity index (χ2v) is 6.07. The lowest BCUT2D eigenvalue weighted by molar-refractivity contribution is 0.125. The van der Waals surface area contributed by atoms with Crippen molar-refractivity contribution in [2.45, 2.75) is 20.1 Å². The van der Waals surface area contributed by atoms with Crippen molar-refractivity contribution in [1.82, 2.24) is 15.6 Å². The maximum absolute atomic E-state index is 5.63. The molecule has 2 rings (SSSR count). The van der Waals surface area contributed by atoms with E-state index in [1.165, 1.54) is 10.4 Å². The van der Waals surface area contributed by atoms with Gasteiger partial charge < -0.3 is 15.4 Å². The number of hydrogen-bond donors (Lipinski definition) is 2. The molecule has 6 heteroatoms. The molecular weight excluding hydrogens is 296 g/mol. The Labute approximate surface area is 135 Å². The van der Waals surface area contributed by atoms with Crippen molar-refractivity contribution in [2.75, 3.05) is 20.2 Å². The van der Waals surface area contributed by atoms with Crippen molar-refractivity contribution >= 4 is 17.3 Å². The summed E-state index contributed by atoms with van der Waals surface area (Å²) in [5.41, 5.74) is 1.18. The van der Waals surface area contributed by atoms with E-state index in [1.54, 1.807) is 18.4 Å². The van der Waals surface area contributed by atoms with E-state index in [9.17, 15) is 0 Å². The minimum atomic E-state index is 0.631. The smallest absolute Gasteiger partial charge is 0.191 e. The molecule has 0 unspecified atom stereocenters. The average Bonchev–Trinajstić information content (AvgIpc) is 2.96. The third-order valence-electron chi connectivity index (χ3n) is 2.95. The third kappa shape index (κ3) is 5.83. The number of guanidine groups is 1. The topological polar surface area (TPSA) is 58.5 Å². The summed E-state index contributed by atoms with van der Waals surface area (Å²) in [5.74, 6) is 0.760. The highest BCUT2D eigenvalue weighted by atomic mass is 32.1. The van der Waals surface area contributed by atoms with E-state index in [-0.39, 0.29) is 0 Å². The molecule has 0 atom stereocenters. The van der Waals surface area contributed by atoms with Gasteiger partial charge in [0.1, 0.15) is 5.01 Å². The van der Waals surface area contributed by atoms with Crippen LogP contribution in [0.25, 0.3) is 0 Å². The summed E-state index contributed by atoms with van der Waals surface area (Å²) in [4.78, 5) is 9.71. The van der Waals surface area contributed by atoms with Gasteiger partial charge in [-0.3, -0.25) is 4.99 Å². The van der Waals surface area contributed by atoms with Crippen LogP contribution in [0, 0.1) is 6.92 Å². The molecule has 22 heavy (non-hydrogen) atoms. The van der Waals surface area contributed by atoms with Crippen molar-refractivity contribution in [1.29, 1.82) is 0 Å². The van der Waals surface area contributed by atoms with E-state index < -0.39 is 0 Å². The first-order chi connectivity index (χ1) is 10.8. The van der Waals surface area contributed by atoms with Crippen LogP contribution in [-0.2, 0) is 17.9 Å². The van der Waals surface area contributed by atoms with Crippen LogP contribution in [0.2, 0.25) is 0 Å². The fourth-order valence-electron chi connectivity index (χ4n) is 1.87. The lowest BCUT2D eigenvalue weighted by Gasteiger charge is -2.11. The highest BCUT2D eigenvalue weighted by Gasteiger charge is 2.01. The predicted octanol–water partition coefficient (Wildman–Crippen LogP) is 2.33. The summed E-state index contributed by atoms with van der Waals surface area (Å²) >= 11 is 1.69. The second-order valence-electron chi connectivity index (χ2n) is 4.76. The van der Waals surface area contributed by atoms with Crippen LogP contribution >= 0.6 is 11.3 Å². The molecule has 0 radical (unpaired) electrons. The van der Waals surface area contributed by atoms with Gasteiger partial charge in [0.2, 0.25) is 0 Å². The van der Waals surface area contributed by atoms with Crippen LogP contribution < -0.4 is 10.6 Å². The quantitative estimate of drug-likeness (QED) is 0.467. The largest absolute Gasteiger partial charge is 0.375 e. The normalized spacial score (nSPS) is 11.5. The Morgan fingerprint density at radius 3 is 2.77 bits per heavy atom. The number of nitrogens with zero attached hydrogens (tertiary/aromatic N) is 2. The summed E-state index contributed by atoms with van der Waals surface area (Å²) in [6.45, 7) is 4.71. The first kappa shape index (κ1) is 16.5. The molecule has 1 aromatic carbocycles. The predicted molar refractivity (Wildman–Crippen MR) is 91.2 cm³/mol. The van der Waals surface area contributed by atoms with Gasteiger partial charge >= 0.3 is 0 Å². The van der Waals surface area contributed by atoms with E-state index in [0.29, 0.717) is 26.3 Å². The molecule has 0 amide bonds. The molecule has 0 saturated carbocycles. The van der Waals surface area contributed by atoms with Crippen LogP contribution in [0.4, 0.5) is 0 Å². The maximum atomic E-state index is 5.63. The van der Waals surface area contributed by atoms with Gasteiger partial charge in [0.15, 0.2) is 5.96 Å². The minimum absolute atomic E-state index is 0.631. The lowest BCUT2D eigenvalue weighted by atomic mass is 10.2. The molecule has 0 spiro atoms. The SMILES string of the molecule is CN=C(NCCOCc1ccccc1)NCc1ncc(C)s1. The first-order valence-corrected chi connectivity index (χ1v) is 8.07. The Hall–Kier alpha value is -1.92. The van der Waals surface area contributed by atoms with Crippen molar-refractivity contribution in [2.24, 2.45) is 4.99 Å². The number of hydrogen-bond acceptors (Lipinski definition) is 4. The number of nitrogens with one attached hydrogen (secondary N) is 2. The fraction of sp³-hybridized carbons (Fsp3) is 0.375. The first-order valence-electron chi connectivity index (χ1n) is 7.25. The molecule has 2 aromatic rings. The number of aliphatic imine (C=N–C) groups is 1. The molecule has 0 fully saturated rings. The molecule has 1 heterocycles. The lowest BCUT2D eigenvalue weighted by Crippen LogP contribution is -2.38. The molecule has 0 saturated heterocycles. The van der Waals surface area contributed by atoms with Crippen molar-refractivity contribution < 1.29 is 4.74 Å². The molecular formula is C16H22N4OS. The number of rotatable bonds is 7. The zero-order valence-electron chi connectivity index (χ0n) is 13.0. The van der Waals surface area contributed by atoms with Crippen LogP contribution in [0.3, 0.4) is 0 Å². The molecule has 5 nitrogen and oxygen atoms in total. The highest BCUT2D eigenvalue weighted by molar-refractivity contribution is 7.11. The van der Waals surface area contributed by atoms with Crippen molar-refractivity contribution in [3.05, 3.63) is 52.0 Å². The van der Waals surface area contributed by atoms with Gasteiger partial charge in [-0.1, -0.05) is 30.3 Å². The Morgan fingerprint density at radius 2 is 2.09 bits per heavy atom. The van der Waals surface area contributed by atoms with E-state index in [0.717, 1.165) is 11.0 Å². The average molecular weight is 318 g/mol. The number of thiazole rings is 1. The van der Waals surface area contributed by atoms with Gasteiger partial charge in [-0.05, 0) is 12.5 Å². The highest BCUT2D eigenvalue weighted by Crippen LogP contribution is 2.10. The molecule has 0 aliphatic rings. The standard InChI is InChI=1S/C16H22N4OS/c1-13-10-19-15(22-13)11-20-16(17-2)18-8-9-21-12-14-6-4-3-5-7-14/h3-7,10H,8-9,11-12H2,1-2H3,(H2,17,18,20). The summed E-state index contributed by atoms with van der Waals surface area (Å²) in [5, 5.41) is 7.52. The van der Waals surface area contributed by atoms with Crippen LogP contribution in [-0.4, -0.2) is 31.1 Å². The minimum Gasteiger partial charge on any atom is -0.375 e. The Morgan fingerprint density at radius 1 is 1.27 bits per heavy atom. The van der Waals surface area contributed by atoms with Gasteiger partial charge in [-0.25, -0.2) is 4.98 Å². The van der Waals surface area contributed by atoms with E-state index in [4.69, 9.17) is 4.74 Å². The summed E-state index contributed by atoms with van der Waals surface area (Å²) in [6, 6.07) is 10.2. The van der Waals surface area contributed by atoms with Gasteiger partial charge in [0.25, 0.3) is 0 Å². The van der Waals surface area contributed by atoms with E-state index in [2.05, 4.69) is 39.7 Å². The van der Waals surface area contributed by atoms with Gasteiger partial charge in [-0.15, -0.1) is 11.3 Å². The monoisotopic (exact) mass is 318 g/mol. The number of ether oxygens (including phenoxy) is 1. The van der Waals surface area contributed by atoms with Crippen LogP contribution in [0.1, 0.15) is 15.4 Å². The van der Waals surface area contributed by atoms with E-state index >= 15 is 0 Å². The van der Waals surface area contributed by atoms with Gasteiger partial charge in [-0.2, -0.15) is 0 Å². The number of aromatic nitrogens is 1. The van der Waals surface area contributed by atoms with Crippen molar-refractivity contribution in [3.63, 3.8) is 0 Å².